The first-order valence-corrected chi connectivity index (χ1v) is 7.91. The van der Waals surface area contributed by atoms with Gasteiger partial charge in [0.15, 0.2) is 23.1 Å². The SMILES string of the molecule is COc1cc(NC(=O)NCCOc2ccc(F)c(F)c2)cc(OC)c1OC. The maximum absolute atomic E-state index is 13.1. The van der Waals surface area contributed by atoms with Crippen LogP contribution in [0.2, 0.25) is 0 Å². The van der Waals surface area contributed by atoms with Gasteiger partial charge in [0.2, 0.25) is 5.75 Å². The minimum absolute atomic E-state index is 0.0771. The number of hydrogen-bond donors (Lipinski definition) is 2. The second kappa shape index (κ2) is 9.46. The van der Waals surface area contributed by atoms with Crippen molar-refractivity contribution in [1.82, 2.24) is 5.32 Å². The summed E-state index contributed by atoms with van der Waals surface area (Å²) < 4.78 is 46.8. The van der Waals surface area contributed by atoms with Gasteiger partial charge in [0.25, 0.3) is 0 Å². The number of benzene rings is 2. The zero-order valence-corrected chi connectivity index (χ0v) is 15.1. The van der Waals surface area contributed by atoms with E-state index < -0.39 is 17.7 Å². The Morgan fingerprint density at radius 1 is 0.963 bits per heavy atom. The molecule has 2 aromatic rings. The van der Waals surface area contributed by atoms with Gasteiger partial charge >= 0.3 is 6.03 Å². The highest BCUT2D eigenvalue weighted by Crippen LogP contribution is 2.39. The minimum atomic E-state index is -0.999. The van der Waals surface area contributed by atoms with Gasteiger partial charge in [0.05, 0.1) is 33.6 Å². The molecule has 0 aliphatic rings. The number of halogens is 2. The Kier molecular flexibility index (Phi) is 7.04. The molecule has 2 amide bonds. The van der Waals surface area contributed by atoms with Gasteiger partial charge in [-0.1, -0.05) is 0 Å². The van der Waals surface area contributed by atoms with Crippen molar-refractivity contribution < 1.29 is 32.5 Å². The van der Waals surface area contributed by atoms with E-state index in [1.807, 2.05) is 0 Å². The summed E-state index contributed by atoms with van der Waals surface area (Å²) in [4.78, 5) is 12.0. The van der Waals surface area contributed by atoms with Crippen molar-refractivity contribution in [2.75, 3.05) is 39.8 Å². The van der Waals surface area contributed by atoms with Crippen LogP contribution in [-0.2, 0) is 0 Å². The van der Waals surface area contributed by atoms with Gasteiger partial charge in [-0.25, -0.2) is 13.6 Å². The number of ether oxygens (including phenoxy) is 4. The molecule has 7 nitrogen and oxygen atoms in total. The fourth-order valence-corrected chi connectivity index (χ4v) is 2.23. The molecule has 0 saturated heterocycles. The lowest BCUT2D eigenvalue weighted by Crippen LogP contribution is -2.32. The van der Waals surface area contributed by atoms with Crippen molar-refractivity contribution in [3.63, 3.8) is 0 Å². The highest BCUT2D eigenvalue weighted by atomic mass is 19.2. The van der Waals surface area contributed by atoms with Crippen LogP contribution in [0.25, 0.3) is 0 Å². The van der Waals surface area contributed by atoms with Crippen molar-refractivity contribution in [1.29, 1.82) is 0 Å². The van der Waals surface area contributed by atoms with Crippen molar-refractivity contribution >= 4 is 11.7 Å². The lowest BCUT2D eigenvalue weighted by atomic mass is 10.2. The predicted molar refractivity (Wildman–Crippen MR) is 95.0 cm³/mol. The third-order valence-corrected chi connectivity index (χ3v) is 3.47. The number of methoxy groups -OCH3 is 3. The second-order valence-corrected chi connectivity index (χ2v) is 5.22. The average molecular weight is 382 g/mol. The predicted octanol–water partition coefficient (Wildman–Crippen LogP) is 3.19. The van der Waals surface area contributed by atoms with Crippen LogP contribution in [0.5, 0.6) is 23.0 Å². The van der Waals surface area contributed by atoms with E-state index in [9.17, 15) is 13.6 Å². The number of urea groups is 1. The molecule has 2 rings (SSSR count). The van der Waals surface area contributed by atoms with E-state index in [1.165, 1.54) is 27.4 Å². The summed E-state index contributed by atoms with van der Waals surface area (Å²) in [5, 5.41) is 5.20. The van der Waals surface area contributed by atoms with E-state index in [-0.39, 0.29) is 18.9 Å². The highest BCUT2D eigenvalue weighted by molar-refractivity contribution is 5.90. The minimum Gasteiger partial charge on any atom is -0.493 e. The lowest BCUT2D eigenvalue weighted by Gasteiger charge is -2.15. The average Bonchev–Trinajstić information content (AvgIpc) is 2.67. The topological polar surface area (TPSA) is 78.1 Å². The summed E-state index contributed by atoms with van der Waals surface area (Å²) in [6.45, 7) is 0.225. The van der Waals surface area contributed by atoms with E-state index in [1.54, 1.807) is 12.1 Å². The third-order valence-electron chi connectivity index (χ3n) is 3.47. The van der Waals surface area contributed by atoms with Gasteiger partial charge in [-0.05, 0) is 12.1 Å². The van der Waals surface area contributed by atoms with E-state index in [0.717, 1.165) is 12.1 Å². The molecule has 0 atom stereocenters. The molecule has 0 aliphatic heterocycles. The van der Waals surface area contributed by atoms with Crippen LogP contribution in [0.4, 0.5) is 19.3 Å². The summed E-state index contributed by atoms with van der Waals surface area (Å²) in [6.07, 6.45) is 0. The summed E-state index contributed by atoms with van der Waals surface area (Å²) in [7, 11) is 4.42. The van der Waals surface area contributed by atoms with Crippen molar-refractivity contribution in [2.45, 2.75) is 0 Å². The van der Waals surface area contributed by atoms with Gasteiger partial charge in [-0.3, -0.25) is 0 Å². The molecular weight excluding hydrogens is 362 g/mol. The highest BCUT2D eigenvalue weighted by Gasteiger charge is 2.14. The maximum atomic E-state index is 13.1. The van der Waals surface area contributed by atoms with Crippen LogP contribution >= 0.6 is 0 Å². The maximum Gasteiger partial charge on any atom is 0.319 e. The van der Waals surface area contributed by atoms with Crippen LogP contribution in [0.1, 0.15) is 0 Å². The first-order chi connectivity index (χ1) is 13.0. The van der Waals surface area contributed by atoms with E-state index in [4.69, 9.17) is 18.9 Å². The zero-order valence-electron chi connectivity index (χ0n) is 15.1. The Hall–Kier alpha value is -3.23. The van der Waals surface area contributed by atoms with Crippen molar-refractivity contribution in [3.05, 3.63) is 42.0 Å². The molecule has 0 unspecified atom stereocenters. The molecule has 2 aromatic carbocycles. The van der Waals surface area contributed by atoms with Gasteiger partial charge in [0.1, 0.15) is 12.4 Å². The molecule has 0 saturated carbocycles. The number of carbonyl (C=O) groups is 1. The van der Waals surface area contributed by atoms with E-state index in [2.05, 4.69) is 10.6 Å². The van der Waals surface area contributed by atoms with Crippen LogP contribution in [0.3, 0.4) is 0 Å². The smallest absolute Gasteiger partial charge is 0.319 e. The molecule has 0 spiro atoms. The van der Waals surface area contributed by atoms with Gasteiger partial charge in [-0.15, -0.1) is 0 Å². The first kappa shape index (κ1) is 20.1. The van der Waals surface area contributed by atoms with Gasteiger partial charge in [-0.2, -0.15) is 0 Å². The van der Waals surface area contributed by atoms with Crippen LogP contribution in [0, 0.1) is 11.6 Å². The molecule has 2 N–H and O–H groups in total. The molecule has 0 bridgehead atoms. The number of hydrogen-bond acceptors (Lipinski definition) is 5. The number of nitrogens with one attached hydrogen (secondary N) is 2. The largest absolute Gasteiger partial charge is 0.493 e. The summed E-state index contributed by atoms with van der Waals surface area (Å²) in [5.74, 6) is -0.583. The summed E-state index contributed by atoms with van der Waals surface area (Å²) in [5.41, 5.74) is 0.434. The molecule has 9 heteroatoms. The van der Waals surface area contributed by atoms with Crippen LogP contribution in [-0.4, -0.2) is 40.5 Å². The molecule has 0 radical (unpaired) electrons. The van der Waals surface area contributed by atoms with Crippen molar-refractivity contribution in [3.8, 4) is 23.0 Å². The first-order valence-electron chi connectivity index (χ1n) is 7.91. The van der Waals surface area contributed by atoms with Gasteiger partial charge < -0.3 is 29.6 Å². The molecule has 0 aliphatic carbocycles. The summed E-state index contributed by atoms with van der Waals surface area (Å²) in [6, 6.07) is 5.88. The molecular formula is C18H20F2N2O5. The number of anilines is 1. The fraction of sp³-hybridized carbons (Fsp3) is 0.278. The lowest BCUT2D eigenvalue weighted by molar-refractivity contribution is 0.247. The Morgan fingerprint density at radius 2 is 1.63 bits per heavy atom. The zero-order chi connectivity index (χ0) is 19.8. The molecule has 146 valence electrons. The van der Waals surface area contributed by atoms with E-state index >= 15 is 0 Å². The second-order valence-electron chi connectivity index (χ2n) is 5.22. The number of amides is 2. The fourth-order valence-electron chi connectivity index (χ4n) is 2.23. The Morgan fingerprint density at radius 3 is 2.19 bits per heavy atom. The summed E-state index contributed by atoms with van der Waals surface area (Å²) >= 11 is 0. The quantitative estimate of drug-likeness (QED) is 0.686. The van der Waals surface area contributed by atoms with E-state index in [0.29, 0.717) is 22.9 Å². The third kappa shape index (κ3) is 5.37. The van der Waals surface area contributed by atoms with Crippen LogP contribution < -0.4 is 29.6 Å². The number of carbonyl (C=O) groups excluding carboxylic acids is 1. The van der Waals surface area contributed by atoms with Crippen LogP contribution in [0.15, 0.2) is 30.3 Å². The Labute approximate surface area is 155 Å². The Bertz CT molecular complexity index is 776. The molecule has 27 heavy (non-hydrogen) atoms. The standard InChI is InChI=1S/C18H20F2N2O5/c1-24-15-8-11(9-16(25-2)17(15)26-3)22-18(23)21-6-7-27-12-4-5-13(19)14(20)10-12/h4-5,8-10H,6-7H2,1-3H3,(H2,21,22,23). The Balaban J connectivity index is 1.87. The van der Waals surface area contributed by atoms with Gasteiger partial charge in [0, 0.05) is 18.2 Å². The monoisotopic (exact) mass is 382 g/mol. The molecule has 0 heterocycles. The normalized spacial score (nSPS) is 10.1. The molecule has 0 fully saturated rings. The van der Waals surface area contributed by atoms with Crippen molar-refractivity contribution in [2.24, 2.45) is 0 Å². The number of rotatable bonds is 8. The molecule has 0 aromatic heterocycles.